The van der Waals surface area contributed by atoms with Crippen molar-refractivity contribution in [2.45, 2.75) is 43.9 Å². The van der Waals surface area contributed by atoms with Gasteiger partial charge in [0.15, 0.2) is 0 Å². The molecule has 11 heteroatoms. The number of carbonyl (C=O) groups is 1. The number of hydrogen-bond acceptors (Lipinski definition) is 7. The van der Waals surface area contributed by atoms with Gasteiger partial charge in [0.1, 0.15) is 0 Å². The fraction of sp³-hybridized carbons (Fsp3) is 0.321. The fourth-order valence-electron chi connectivity index (χ4n) is 4.27. The molecule has 0 aliphatic heterocycles. The molecule has 3 N–H and O–H groups in total. The Kier molecular flexibility index (Phi) is 10.6. The summed E-state index contributed by atoms with van der Waals surface area (Å²) in [5.41, 5.74) is 2.01. The highest BCUT2D eigenvalue weighted by Gasteiger charge is 2.35. The predicted octanol–water partition coefficient (Wildman–Crippen LogP) is 3.69. The molecule has 208 valence electrons. The number of sulfonamides is 1. The number of pyridine rings is 1. The van der Waals surface area contributed by atoms with Crippen LogP contribution in [0.2, 0.25) is 0 Å². The van der Waals surface area contributed by atoms with E-state index in [1.807, 2.05) is 44.2 Å². The van der Waals surface area contributed by atoms with Crippen molar-refractivity contribution in [1.82, 2.24) is 14.2 Å². The summed E-state index contributed by atoms with van der Waals surface area (Å²) in [7, 11) is -4.04. The van der Waals surface area contributed by atoms with Crippen molar-refractivity contribution in [3.05, 3.63) is 95.8 Å². The maximum absolute atomic E-state index is 13.6. The second kappa shape index (κ2) is 13.8. The quantitative estimate of drug-likeness (QED) is 0.166. The zero-order chi connectivity index (χ0) is 28.4. The van der Waals surface area contributed by atoms with Crippen molar-refractivity contribution in [1.29, 1.82) is 0 Å². The smallest absolute Gasteiger partial charge is 0.407 e. The van der Waals surface area contributed by atoms with E-state index in [0.29, 0.717) is 11.1 Å². The average Bonchev–Trinajstić information content (AvgIpc) is 2.91. The largest absolute Gasteiger partial charge is 0.465 e. The van der Waals surface area contributed by atoms with Gasteiger partial charge in [0, 0.05) is 32.0 Å². The van der Waals surface area contributed by atoms with Crippen LogP contribution in [-0.2, 0) is 23.0 Å². The molecular formula is C28H34N4O6S. The van der Waals surface area contributed by atoms with Gasteiger partial charge < -0.3 is 15.4 Å². The lowest BCUT2D eigenvalue weighted by atomic mass is 9.99. The minimum absolute atomic E-state index is 0.00276. The summed E-state index contributed by atoms with van der Waals surface area (Å²) in [5.74, 6) is -0.0623. The van der Waals surface area contributed by atoms with Crippen molar-refractivity contribution in [3.8, 4) is 0 Å². The second-order valence-corrected chi connectivity index (χ2v) is 11.6. The van der Waals surface area contributed by atoms with Crippen molar-refractivity contribution in [2.24, 2.45) is 11.1 Å². The van der Waals surface area contributed by atoms with Crippen LogP contribution in [0, 0.1) is 5.92 Å². The third kappa shape index (κ3) is 8.34. The molecule has 3 rings (SSSR count). The summed E-state index contributed by atoms with van der Waals surface area (Å²) in [6, 6.07) is 17.5. The number of oxime groups is 1. The Morgan fingerprint density at radius 2 is 1.62 bits per heavy atom. The van der Waals surface area contributed by atoms with Gasteiger partial charge in [0.2, 0.25) is 10.0 Å². The zero-order valence-corrected chi connectivity index (χ0v) is 22.7. The summed E-state index contributed by atoms with van der Waals surface area (Å²) in [6.45, 7) is 3.54. The van der Waals surface area contributed by atoms with Gasteiger partial charge in [0.05, 0.1) is 23.3 Å². The monoisotopic (exact) mass is 554 g/mol. The van der Waals surface area contributed by atoms with E-state index in [2.05, 4.69) is 10.1 Å². The maximum atomic E-state index is 13.6. The molecule has 10 nitrogen and oxygen atoms in total. The van der Waals surface area contributed by atoms with Gasteiger partial charge in [-0.1, -0.05) is 61.5 Å². The highest BCUT2D eigenvalue weighted by molar-refractivity contribution is 7.89. The van der Waals surface area contributed by atoms with Crippen LogP contribution in [-0.4, -0.2) is 75.6 Å². The van der Waals surface area contributed by atoms with Gasteiger partial charge in [-0.15, -0.1) is 0 Å². The summed E-state index contributed by atoms with van der Waals surface area (Å²) in [6.07, 6.45) is 1.93. The number of hydrogen-bond donors (Lipinski definition) is 3. The standard InChI is InChI=1S/C28H34N4O6S/c1-21(2)18-31(39(37,38)25-10-8-23(9-11-25)17-30-36)20-27(33)26(16-22-6-4-3-5-7-22)32(28(34)35)19-24-12-14-29-15-13-24/h3-15,17,21,26-27,33,36H,16,18-20H2,1-2H3,(H,34,35)/t26-,27-/m0/s1. The Balaban J connectivity index is 1.96. The number of nitrogens with zero attached hydrogens (tertiary/aromatic N) is 4. The first-order valence-corrected chi connectivity index (χ1v) is 13.9. The zero-order valence-electron chi connectivity index (χ0n) is 21.9. The first-order valence-electron chi connectivity index (χ1n) is 12.5. The molecule has 1 aromatic heterocycles. The van der Waals surface area contributed by atoms with E-state index in [4.69, 9.17) is 5.21 Å². The number of carboxylic acid groups (broad SMARTS) is 1. The molecule has 0 radical (unpaired) electrons. The highest BCUT2D eigenvalue weighted by atomic mass is 32.2. The lowest BCUT2D eigenvalue weighted by molar-refractivity contribution is 0.0337. The minimum atomic E-state index is -4.04. The third-order valence-electron chi connectivity index (χ3n) is 6.16. The lowest BCUT2D eigenvalue weighted by Gasteiger charge is -2.36. The summed E-state index contributed by atoms with van der Waals surface area (Å²) < 4.78 is 28.5. The maximum Gasteiger partial charge on any atom is 0.407 e. The molecule has 0 fully saturated rings. The summed E-state index contributed by atoms with van der Waals surface area (Å²) in [5, 5.41) is 33.4. The Bertz CT molecular complexity index is 1320. The normalized spacial score (nSPS) is 13.6. The Labute approximate surface area is 228 Å². The van der Waals surface area contributed by atoms with E-state index in [0.717, 1.165) is 10.5 Å². The van der Waals surface area contributed by atoms with E-state index >= 15 is 0 Å². The molecule has 0 unspecified atom stereocenters. The van der Waals surface area contributed by atoms with Gasteiger partial charge in [-0.25, -0.2) is 13.2 Å². The molecule has 1 heterocycles. The number of amides is 1. The number of benzene rings is 2. The number of rotatable bonds is 13. The minimum Gasteiger partial charge on any atom is -0.465 e. The van der Waals surface area contributed by atoms with Crippen LogP contribution in [0.4, 0.5) is 4.79 Å². The SMILES string of the molecule is CC(C)CN(C[C@H](O)[C@H](Cc1ccccc1)N(Cc1ccncc1)C(=O)O)S(=O)(=O)c1ccc(C=NO)cc1. The van der Waals surface area contributed by atoms with Gasteiger partial charge >= 0.3 is 6.09 Å². The summed E-state index contributed by atoms with van der Waals surface area (Å²) in [4.78, 5) is 17.6. The predicted molar refractivity (Wildman–Crippen MR) is 147 cm³/mol. The first-order chi connectivity index (χ1) is 18.6. The molecule has 39 heavy (non-hydrogen) atoms. The van der Waals surface area contributed by atoms with Crippen molar-refractivity contribution in [2.75, 3.05) is 13.1 Å². The van der Waals surface area contributed by atoms with Gasteiger partial charge in [-0.3, -0.25) is 9.88 Å². The van der Waals surface area contributed by atoms with Crippen molar-refractivity contribution >= 4 is 22.3 Å². The van der Waals surface area contributed by atoms with Crippen LogP contribution in [0.15, 0.2) is 89.2 Å². The van der Waals surface area contributed by atoms with E-state index in [1.54, 1.807) is 24.5 Å². The topological polar surface area (TPSA) is 144 Å². The number of aromatic nitrogens is 1. The first kappa shape index (κ1) is 29.8. The van der Waals surface area contributed by atoms with Crippen LogP contribution < -0.4 is 0 Å². The Morgan fingerprint density at radius 1 is 0.974 bits per heavy atom. The van der Waals surface area contributed by atoms with Gasteiger partial charge in [-0.05, 0) is 53.3 Å². The fourth-order valence-corrected chi connectivity index (χ4v) is 5.89. The molecule has 3 aromatic rings. The molecule has 0 aliphatic carbocycles. The number of aliphatic hydroxyl groups excluding tert-OH is 1. The van der Waals surface area contributed by atoms with Gasteiger partial charge in [0.25, 0.3) is 0 Å². The molecule has 1 amide bonds. The van der Waals surface area contributed by atoms with E-state index < -0.39 is 28.3 Å². The molecule has 0 saturated carbocycles. The van der Waals surface area contributed by atoms with Crippen LogP contribution in [0.1, 0.15) is 30.5 Å². The Hall–Kier alpha value is -3.80. The Morgan fingerprint density at radius 3 is 2.18 bits per heavy atom. The van der Waals surface area contributed by atoms with E-state index in [1.165, 1.54) is 34.8 Å². The molecule has 0 bridgehead atoms. The molecule has 2 atom stereocenters. The molecule has 2 aromatic carbocycles. The average molecular weight is 555 g/mol. The van der Waals surface area contributed by atoms with Gasteiger partial charge in [-0.2, -0.15) is 4.31 Å². The van der Waals surface area contributed by atoms with E-state index in [-0.39, 0.29) is 36.9 Å². The van der Waals surface area contributed by atoms with Crippen molar-refractivity contribution < 1.29 is 28.6 Å². The van der Waals surface area contributed by atoms with Crippen LogP contribution in [0.5, 0.6) is 0 Å². The molecular weight excluding hydrogens is 520 g/mol. The summed E-state index contributed by atoms with van der Waals surface area (Å²) >= 11 is 0. The van der Waals surface area contributed by atoms with Crippen LogP contribution >= 0.6 is 0 Å². The molecule has 0 aliphatic rings. The van der Waals surface area contributed by atoms with Crippen molar-refractivity contribution in [3.63, 3.8) is 0 Å². The lowest BCUT2D eigenvalue weighted by Crippen LogP contribution is -2.52. The van der Waals surface area contributed by atoms with E-state index in [9.17, 15) is 23.4 Å². The third-order valence-corrected chi connectivity index (χ3v) is 8.01. The number of aliphatic hydroxyl groups is 1. The van der Waals surface area contributed by atoms with Crippen LogP contribution in [0.3, 0.4) is 0 Å². The molecule has 0 spiro atoms. The molecule has 0 saturated heterocycles. The highest BCUT2D eigenvalue weighted by Crippen LogP contribution is 2.22. The van der Waals surface area contributed by atoms with Crippen LogP contribution in [0.25, 0.3) is 0 Å². The second-order valence-electron chi connectivity index (χ2n) is 9.62.